The van der Waals surface area contributed by atoms with E-state index in [2.05, 4.69) is 15.0 Å². The highest BCUT2D eigenvalue weighted by Gasteiger charge is 2.37. The van der Waals surface area contributed by atoms with E-state index in [1.807, 2.05) is 13.0 Å². The summed E-state index contributed by atoms with van der Waals surface area (Å²) in [5.41, 5.74) is 6.59. The summed E-state index contributed by atoms with van der Waals surface area (Å²) in [4.78, 5) is 42.9. The first-order valence-electron chi connectivity index (χ1n) is 8.86. The number of anilines is 1. The lowest BCUT2D eigenvalue weighted by molar-refractivity contribution is -0.153. The first kappa shape index (κ1) is 21.3. The number of imidazole rings is 1. The maximum atomic E-state index is 11.8. The van der Waals surface area contributed by atoms with E-state index >= 15 is 0 Å². The van der Waals surface area contributed by atoms with E-state index in [0.29, 0.717) is 17.6 Å². The van der Waals surface area contributed by atoms with Gasteiger partial charge in [-0.25, -0.2) is 9.78 Å². The minimum atomic E-state index is -2.66. The highest BCUT2D eigenvalue weighted by Crippen LogP contribution is 2.38. The van der Waals surface area contributed by atoms with Gasteiger partial charge in [0.15, 0.2) is 11.5 Å². The molecule has 4 N–H and O–H groups in total. The summed E-state index contributed by atoms with van der Waals surface area (Å²) >= 11 is 0. The van der Waals surface area contributed by atoms with Gasteiger partial charge in [0, 0.05) is 5.92 Å². The van der Waals surface area contributed by atoms with Crippen LogP contribution >= 0.6 is 8.38 Å². The van der Waals surface area contributed by atoms with Crippen molar-refractivity contribution in [2.75, 3.05) is 18.9 Å². The fourth-order valence-corrected chi connectivity index (χ4v) is 3.66. The van der Waals surface area contributed by atoms with Crippen molar-refractivity contribution in [3.63, 3.8) is 0 Å². The SMILES string of the molecule is CCOC(=O)C(OCC1CC(C)C(n2cnc3c(N)nc(C#N)nc32)O1)P(O)O. The molecule has 0 amide bonds. The molecule has 0 spiro atoms. The van der Waals surface area contributed by atoms with Crippen LogP contribution in [0.1, 0.15) is 32.3 Å². The molecular formula is C16H21N6O6P. The third-order valence-corrected chi connectivity index (χ3v) is 5.19. The van der Waals surface area contributed by atoms with Crippen molar-refractivity contribution in [2.45, 2.75) is 38.4 Å². The van der Waals surface area contributed by atoms with Crippen LogP contribution in [0.3, 0.4) is 0 Å². The number of aromatic nitrogens is 4. The van der Waals surface area contributed by atoms with Crippen molar-refractivity contribution in [2.24, 2.45) is 5.92 Å². The van der Waals surface area contributed by atoms with Crippen LogP contribution in [0, 0.1) is 17.2 Å². The number of carbonyl (C=O) groups is 1. The van der Waals surface area contributed by atoms with E-state index in [-0.39, 0.29) is 30.8 Å². The molecule has 1 aliphatic rings. The van der Waals surface area contributed by atoms with Gasteiger partial charge >= 0.3 is 5.97 Å². The fourth-order valence-electron chi connectivity index (χ4n) is 3.18. The number of rotatable bonds is 7. The number of hydrogen-bond donors (Lipinski definition) is 3. The van der Waals surface area contributed by atoms with Crippen LogP contribution in [-0.2, 0) is 19.0 Å². The lowest BCUT2D eigenvalue weighted by atomic mass is 10.1. The van der Waals surface area contributed by atoms with Gasteiger partial charge in [-0.15, -0.1) is 0 Å². The van der Waals surface area contributed by atoms with Crippen LogP contribution in [-0.4, -0.2) is 60.4 Å². The molecule has 13 heteroatoms. The zero-order valence-electron chi connectivity index (χ0n) is 15.8. The van der Waals surface area contributed by atoms with Crippen molar-refractivity contribution in [3.8, 4) is 6.07 Å². The maximum Gasteiger partial charge on any atom is 0.344 e. The number of hydrogen-bond acceptors (Lipinski definition) is 11. The molecule has 1 fully saturated rings. The van der Waals surface area contributed by atoms with Gasteiger partial charge in [0.05, 0.1) is 25.6 Å². The molecule has 3 heterocycles. The molecule has 0 bridgehead atoms. The van der Waals surface area contributed by atoms with Crippen LogP contribution in [0.2, 0.25) is 0 Å². The van der Waals surface area contributed by atoms with Gasteiger partial charge in [-0.2, -0.15) is 15.2 Å². The highest BCUT2D eigenvalue weighted by molar-refractivity contribution is 7.46. The van der Waals surface area contributed by atoms with E-state index in [1.54, 1.807) is 11.5 Å². The largest absolute Gasteiger partial charge is 0.464 e. The molecule has 0 aromatic carbocycles. The molecule has 1 saturated heterocycles. The Morgan fingerprint density at radius 3 is 2.97 bits per heavy atom. The molecule has 12 nitrogen and oxygen atoms in total. The quantitative estimate of drug-likeness (QED) is 0.414. The van der Waals surface area contributed by atoms with Gasteiger partial charge in [-0.05, 0) is 13.3 Å². The van der Waals surface area contributed by atoms with Crippen LogP contribution in [0.5, 0.6) is 0 Å². The molecule has 2 aromatic heterocycles. The molecule has 3 rings (SSSR count). The zero-order valence-corrected chi connectivity index (χ0v) is 16.7. The standard InChI is InChI=1S/C16H21N6O6P/c1-3-26-15(23)16(29(24)25)27-6-9-4-8(2)14(28-9)22-7-19-11-12(18)20-10(5-17)21-13(11)22/h7-9,14,16,24-25H,3-4,6H2,1-2H3,(H2,18,20,21). The van der Waals surface area contributed by atoms with E-state index in [1.165, 1.54) is 6.33 Å². The highest BCUT2D eigenvalue weighted by atomic mass is 31.2. The average Bonchev–Trinajstić information content (AvgIpc) is 3.25. The molecule has 0 aliphatic carbocycles. The number of esters is 1. The molecule has 156 valence electrons. The summed E-state index contributed by atoms with van der Waals surface area (Å²) in [5, 5.41) is 9.07. The predicted molar refractivity (Wildman–Crippen MR) is 99.9 cm³/mol. The van der Waals surface area contributed by atoms with E-state index in [9.17, 15) is 14.6 Å². The Morgan fingerprint density at radius 2 is 2.31 bits per heavy atom. The molecule has 4 atom stereocenters. The van der Waals surface area contributed by atoms with Gasteiger partial charge in [-0.1, -0.05) is 6.92 Å². The first-order chi connectivity index (χ1) is 13.8. The third-order valence-electron chi connectivity index (χ3n) is 4.41. The van der Waals surface area contributed by atoms with Crippen molar-refractivity contribution < 1.29 is 28.8 Å². The number of ether oxygens (including phenoxy) is 3. The Bertz CT molecular complexity index is 930. The van der Waals surface area contributed by atoms with E-state index in [4.69, 9.17) is 25.2 Å². The molecular weight excluding hydrogens is 403 g/mol. The number of fused-ring (bicyclic) bond motifs is 1. The first-order valence-corrected chi connectivity index (χ1v) is 10.2. The van der Waals surface area contributed by atoms with E-state index in [0.717, 1.165) is 0 Å². The smallest absolute Gasteiger partial charge is 0.344 e. The summed E-state index contributed by atoms with van der Waals surface area (Å²) in [6, 6.07) is 1.86. The van der Waals surface area contributed by atoms with Gasteiger partial charge in [0.1, 0.15) is 17.8 Å². The lowest BCUT2D eigenvalue weighted by Crippen LogP contribution is -2.29. The summed E-state index contributed by atoms with van der Waals surface area (Å²) in [6.07, 6.45) is 1.23. The Kier molecular flexibility index (Phi) is 6.56. The normalized spacial score (nSPS) is 22.7. The number of nitrogen functional groups attached to an aromatic ring is 1. The monoisotopic (exact) mass is 424 g/mol. The zero-order chi connectivity index (χ0) is 21.1. The van der Waals surface area contributed by atoms with Crippen LogP contribution in [0.15, 0.2) is 6.33 Å². The second kappa shape index (κ2) is 8.94. The topological polar surface area (TPSA) is 179 Å². The Balaban J connectivity index is 1.73. The van der Waals surface area contributed by atoms with Crippen molar-refractivity contribution in [1.82, 2.24) is 19.5 Å². The summed E-state index contributed by atoms with van der Waals surface area (Å²) in [7, 11) is -2.66. The second-order valence-corrected chi connectivity index (χ2v) is 7.60. The number of nitrogens with two attached hydrogens (primary N) is 1. The number of nitrogens with zero attached hydrogens (tertiary/aromatic N) is 5. The maximum absolute atomic E-state index is 11.8. The third kappa shape index (κ3) is 4.44. The fraction of sp³-hybridized carbons (Fsp3) is 0.562. The molecule has 4 unspecified atom stereocenters. The Labute approximate surface area is 167 Å². The number of carbonyl (C=O) groups excluding carboxylic acids is 1. The molecule has 1 aliphatic heterocycles. The minimum absolute atomic E-state index is 0.0218. The summed E-state index contributed by atoms with van der Waals surface area (Å²) in [5.74, 6) is -2.23. The van der Waals surface area contributed by atoms with Crippen molar-refractivity contribution in [3.05, 3.63) is 12.2 Å². The van der Waals surface area contributed by atoms with Gasteiger partial charge in [-0.3, -0.25) is 4.57 Å². The Hall–Kier alpha value is -2.42. The van der Waals surface area contributed by atoms with Gasteiger partial charge < -0.3 is 29.7 Å². The second-order valence-electron chi connectivity index (χ2n) is 6.49. The van der Waals surface area contributed by atoms with Crippen LogP contribution in [0.4, 0.5) is 5.82 Å². The summed E-state index contributed by atoms with van der Waals surface area (Å²) in [6.45, 7) is 3.64. The minimum Gasteiger partial charge on any atom is -0.464 e. The average molecular weight is 424 g/mol. The predicted octanol–water partition coefficient (Wildman–Crippen LogP) is 0.406. The van der Waals surface area contributed by atoms with Gasteiger partial charge in [0.25, 0.3) is 0 Å². The molecule has 29 heavy (non-hydrogen) atoms. The molecule has 0 radical (unpaired) electrons. The van der Waals surface area contributed by atoms with Crippen LogP contribution in [0.25, 0.3) is 11.2 Å². The van der Waals surface area contributed by atoms with Crippen LogP contribution < -0.4 is 5.73 Å². The molecule has 0 saturated carbocycles. The Morgan fingerprint density at radius 1 is 1.55 bits per heavy atom. The van der Waals surface area contributed by atoms with Gasteiger partial charge in [0.2, 0.25) is 20.0 Å². The summed E-state index contributed by atoms with van der Waals surface area (Å²) < 4.78 is 17.9. The van der Waals surface area contributed by atoms with Crippen molar-refractivity contribution >= 4 is 31.3 Å². The van der Waals surface area contributed by atoms with Crippen molar-refractivity contribution in [1.29, 1.82) is 5.26 Å². The number of nitriles is 1. The van der Waals surface area contributed by atoms with E-state index < -0.39 is 32.5 Å². The lowest BCUT2D eigenvalue weighted by Gasteiger charge is -2.20. The molecule has 2 aromatic rings.